The van der Waals surface area contributed by atoms with Gasteiger partial charge in [0.1, 0.15) is 5.75 Å². The Balaban J connectivity index is 1.78. The zero-order valence-electron chi connectivity index (χ0n) is 11.8. The Bertz CT molecular complexity index is 371. The summed E-state index contributed by atoms with van der Waals surface area (Å²) in [6.45, 7) is 5.64. The minimum atomic E-state index is 0.441. The first-order valence-electron chi connectivity index (χ1n) is 7.21. The SMILES string of the molecule is CCOc1ccc(C(Br)CC2CC(OCC)C2)cc1. The van der Waals surface area contributed by atoms with Gasteiger partial charge in [-0.25, -0.2) is 0 Å². The van der Waals surface area contributed by atoms with Gasteiger partial charge in [0.2, 0.25) is 0 Å². The van der Waals surface area contributed by atoms with Gasteiger partial charge in [0.15, 0.2) is 0 Å². The lowest BCUT2D eigenvalue weighted by molar-refractivity contribution is -0.0264. The maximum atomic E-state index is 5.61. The first-order valence-corrected chi connectivity index (χ1v) is 8.12. The molecule has 1 unspecified atom stereocenters. The Hall–Kier alpha value is -0.540. The van der Waals surface area contributed by atoms with Crippen LogP contribution in [0, 0.1) is 5.92 Å². The number of ether oxygens (including phenoxy) is 2. The summed E-state index contributed by atoms with van der Waals surface area (Å²) in [4.78, 5) is 0.441. The molecule has 2 nitrogen and oxygen atoms in total. The summed E-state index contributed by atoms with van der Waals surface area (Å²) >= 11 is 3.80. The van der Waals surface area contributed by atoms with E-state index < -0.39 is 0 Å². The Kier molecular flexibility index (Phi) is 5.71. The van der Waals surface area contributed by atoms with Gasteiger partial charge in [-0.2, -0.15) is 0 Å². The molecule has 3 heteroatoms. The summed E-state index contributed by atoms with van der Waals surface area (Å²) in [7, 11) is 0. The highest BCUT2D eigenvalue weighted by Gasteiger charge is 2.31. The Morgan fingerprint density at radius 2 is 1.84 bits per heavy atom. The third-order valence-electron chi connectivity index (χ3n) is 3.69. The lowest BCUT2D eigenvalue weighted by Crippen LogP contribution is -2.31. The van der Waals surface area contributed by atoms with E-state index in [0.717, 1.165) is 24.9 Å². The molecule has 19 heavy (non-hydrogen) atoms. The average molecular weight is 327 g/mol. The third-order valence-corrected chi connectivity index (χ3v) is 4.59. The number of alkyl halides is 1. The molecule has 106 valence electrons. The molecule has 1 atom stereocenters. The first kappa shape index (κ1) is 14.9. The van der Waals surface area contributed by atoms with Crippen LogP contribution in [0.2, 0.25) is 0 Å². The molecule has 0 N–H and O–H groups in total. The van der Waals surface area contributed by atoms with Gasteiger partial charge in [-0.15, -0.1) is 0 Å². The maximum absolute atomic E-state index is 5.61. The summed E-state index contributed by atoms with van der Waals surface area (Å²) < 4.78 is 11.1. The highest BCUT2D eigenvalue weighted by molar-refractivity contribution is 9.09. The van der Waals surface area contributed by atoms with Gasteiger partial charge in [-0.05, 0) is 56.7 Å². The van der Waals surface area contributed by atoms with Crippen molar-refractivity contribution in [2.45, 2.75) is 44.0 Å². The summed E-state index contributed by atoms with van der Waals surface area (Å²) in [5.41, 5.74) is 1.34. The fraction of sp³-hybridized carbons (Fsp3) is 0.625. The molecule has 2 rings (SSSR count). The molecule has 1 fully saturated rings. The van der Waals surface area contributed by atoms with Crippen molar-refractivity contribution in [2.75, 3.05) is 13.2 Å². The summed E-state index contributed by atoms with van der Waals surface area (Å²) in [6, 6.07) is 8.42. The van der Waals surface area contributed by atoms with Crippen molar-refractivity contribution in [1.82, 2.24) is 0 Å². The first-order chi connectivity index (χ1) is 9.22. The number of hydrogen-bond acceptors (Lipinski definition) is 2. The van der Waals surface area contributed by atoms with Gasteiger partial charge < -0.3 is 9.47 Å². The predicted molar refractivity (Wildman–Crippen MR) is 82.0 cm³/mol. The van der Waals surface area contributed by atoms with Crippen molar-refractivity contribution >= 4 is 15.9 Å². The van der Waals surface area contributed by atoms with Crippen LogP contribution in [0.15, 0.2) is 24.3 Å². The highest BCUT2D eigenvalue weighted by Crippen LogP contribution is 2.40. The van der Waals surface area contributed by atoms with E-state index in [9.17, 15) is 0 Å². The van der Waals surface area contributed by atoms with Crippen LogP contribution in [-0.2, 0) is 4.74 Å². The van der Waals surface area contributed by atoms with Gasteiger partial charge in [0.05, 0.1) is 12.7 Å². The zero-order valence-corrected chi connectivity index (χ0v) is 13.4. The standard InChI is InChI=1S/C16H23BrO2/c1-3-18-14-7-5-13(6-8-14)16(17)11-12-9-15(10-12)19-4-2/h5-8,12,15-16H,3-4,9-11H2,1-2H3. The molecule has 0 saturated heterocycles. The topological polar surface area (TPSA) is 18.5 Å². The molecule has 0 amide bonds. The van der Waals surface area contributed by atoms with E-state index in [0.29, 0.717) is 10.9 Å². The molecule has 1 aromatic rings. The second kappa shape index (κ2) is 7.30. The van der Waals surface area contributed by atoms with Gasteiger partial charge in [0, 0.05) is 11.4 Å². The van der Waals surface area contributed by atoms with Crippen LogP contribution in [0.5, 0.6) is 5.75 Å². The van der Waals surface area contributed by atoms with E-state index in [2.05, 4.69) is 47.1 Å². The van der Waals surface area contributed by atoms with E-state index in [1.54, 1.807) is 0 Å². The maximum Gasteiger partial charge on any atom is 0.119 e. The van der Waals surface area contributed by atoms with Gasteiger partial charge in [-0.3, -0.25) is 0 Å². The number of benzene rings is 1. The lowest BCUT2D eigenvalue weighted by Gasteiger charge is -2.36. The molecule has 1 aromatic carbocycles. The summed E-state index contributed by atoms with van der Waals surface area (Å²) in [5, 5.41) is 0. The van der Waals surface area contributed by atoms with Crippen LogP contribution in [0.25, 0.3) is 0 Å². The third kappa shape index (κ3) is 4.22. The average Bonchev–Trinajstić information content (AvgIpc) is 2.37. The van der Waals surface area contributed by atoms with E-state index in [-0.39, 0.29) is 0 Å². The molecule has 0 radical (unpaired) electrons. The normalized spacial score (nSPS) is 23.7. The fourth-order valence-electron chi connectivity index (χ4n) is 2.61. The van der Waals surface area contributed by atoms with Gasteiger partial charge in [0.25, 0.3) is 0 Å². The molecule has 1 aliphatic rings. The lowest BCUT2D eigenvalue weighted by atomic mass is 9.78. The molecule has 0 bridgehead atoms. The van der Waals surface area contributed by atoms with E-state index in [1.807, 2.05) is 6.92 Å². The van der Waals surface area contributed by atoms with Crippen LogP contribution in [0.3, 0.4) is 0 Å². The highest BCUT2D eigenvalue weighted by atomic mass is 79.9. The summed E-state index contributed by atoms with van der Waals surface area (Å²) in [5.74, 6) is 1.75. The number of rotatable bonds is 7. The second-order valence-corrected chi connectivity index (χ2v) is 6.23. The van der Waals surface area contributed by atoms with Crippen LogP contribution < -0.4 is 4.74 Å². The summed E-state index contributed by atoms with van der Waals surface area (Å²) in [6.07, 6.45) is 4.13. The van der Waals surface area contributed by atoms with Gasteiger partial charge in [-0.1, -0.05) is 28.1 Å². The zero-order chi connectivity index (χ0) is 13.7. The smallest absolute Gasteiger partial charge is 0.119 e. The van der Waals surface area contributed by atoms with Crippen molar-refractivity contribution in [3.8, 4) is 5.75 Å². The minimum absolute atomic E-state index is 0.441. The minimum Gasteiger partial charge on any atom is -0.494 e. The molecule has 1 saturated carbocycles. The quantitative estimate of drug-likeness (QED) is 0.674. The van der Waals surface area contributed by atoms with Crippen LogP contribution in [0.1, 0.15) is 43.5 Å². The van der Waals surface area contributed by atoms with Crippen molar-refractivity contribution < 1.29 is 9.47 Å². The predicted octanol–water partition coefficient (Wildman–Crippen LogP) is 4.73. The van der Waals surface area contributed by atoms with Crippen molar-refractivity contribution in [3.05, 3.63) is 29.8 Å². The fourth-order valence-corrected chi connectivity index (χ4v) is 3.44. The Morgan fingerprint density at radius 3 is 2.42 bits per heavy atom. The largest absolute Gasteiger partial charge is 0.494 e. The number of halogens is 1. The molecule has 0 aromatic heterocycles. The van der Waals surface area contributed by atoms with Crippen LogP contribution in [-0.4, -0.2) is 19.3 Å². The molecular weight excluding hydrogens is 304 g/mol. The molecule has 0 spiro atoms. The Morgan fingerprint density at radius 1 is 1.16 bits per heavy atom. The van der Waals surface area contributed by atoms with Crippen LogP contribution >= 0.6 is 15.9 Å². The molecule has 1 aliphatic carbocycles. The van der Waals surface area contributed by atoms with Gasteiger partial charge >= 0.3 is 0 Å². The second-order valence-electron chi connectivity index (χ2n) is 5.12. The number of hydrogen-bond donors (Lipinski definition) is 0. The molecular formula is C16H23BrO2. The van der Waals surface area contributed by atoms with E-state index in [1.165, 1.54) is 24.8 Å². The van der Waals surface area contributed by atoms with Crippen molar-refractivity contribution in [2.24, 2.45) is 5.92 Å². The van der Waals surface area contributed by atoms with E-state index >= 15 is 0 Å². The van der Waals surface area contributed by atoms with Crippen LogP contribution in [0.4, 0.5) is 0 Å². The van der Waals surface area contributed by atoms with E-state index in [4.69, 9.17) is 9.47 Å². The Labute approximate surface area is 124 Å². The molecule has 0 aliphatic heterocycles. The van der Waals surface area contributed by atoms with Crippen molar-refractivity contribution in [3.63, 3.8) is 0 Å². The van der Waals surface area contributed by atoms with Crippen molar-refractivity contribution in [1.29, 1.82) is 0 Å². The molecule has 0 heterocycles. The monoisotopic (exact) mass is 326 g/mol.